The summed E-state index contributed by atoms with van der Waals surface area (Å²) in [6.07, 6.45) is 4.85. The first-order valence-corrected chi connectivity index (χ1v) is 11.4. The zero-order chi connectivity index (χ0) is 23.8. The number of anilines is 1. The van der Waals surface area contributed by atoms with Gasteiger partial charge in [-0.05, 0) is 50.1 Å². The second-order valence-corrected chi connectivity index (χ2v) is 8.87. The van der Waals surface area contributed by atoms with Crippen LogP contribution in [0, 0.1) is 18.7 Å². The number of carbonyl (C=O) groups is 1. The fourth-order valence-corrected chi connectivity index (χ4v) is 4.44. The van der Waals surface area contributed by atoms with Crippen molar-refractivity contribution in [3.05, 3.63) is 71.9 Å². The van der Waals surface area contributed by atoms with Crippen molar-refractivity contribution >= 4 is 22.8 Å². The Bertz CT molecular complexity index is 1340. The van der Waals surface area contributed by atoms with E-state index >= 15 is 0 Å². The highest BCUT2D eigenvalue weighted by atomic mass is 19.1. The minimum Gasteiger partial charge on any atom is -0.339 e. The summed E-state index contributed by atoms with van der Waals surface area (Å²) in [5.41, 5.74) is 2.93. The van der Waals surface area contributed by atoms with Crippen molar-refractivity contribution in [2.24, 2.45) is 5.92 Å². The van der Waals surface area contributed by atoms with Crippen LogP contribution >= 0.6 is 0 Å². The maximum Gasteiger partial charge on any atom is 0.256 e. The van der Waals surface area contributed by atoms with E-state index in [0.29, 0.717) is 47.7 Å². The second-order valence-electron chi connectivity index (χ2n) is 8.87. The van der Waals surface area contributed by atoms with Gasteiger partial charge in [-0.1, -0.05) is 18.6 Å². The van der Waals surface area contributed by atoms with E-state index in [0.717, 1.165) is 5.56 Å². The number of fused-ring (bicyclic) bond motifs is 1. The molecule has 3 heterocycles. The topological polar surface area (TPSA) is 80.0 Å². The molecule has 2 aromatic heterocycles. The maximum absolute atomic E-state index is 13.8. The lowest BCUT2D eigenvalue weighted by atomic mass is 10.0. The van der Waals surface area contributed by atoms with Crippen molar-refractivity contribution in [3.63, 3.8) is 0 Å². The third-order valence-electron chi connectivity index (χ3n) is 6.52. The van der Waals surface area contributed by atoms with Crippen molar-refractivity contribution in [1.29, 1.82) is 0 Å². The number of aryl methyl sites for hydroxylation is 1. The average Bonchev–Trinajstić information content (AvgIpc) is 3.32. The first-order valence-electron chi connectivity index (χ1n) is 11.4. The summed E-state index contributed by atoms with van der Waals surface area (Å²) in [4.78, 5) is 28.4. The summed E-state index contributed by atoms with van der Waals surface area (Å²) >= 11 is 0. The lowest BCUT2D eigenvalue weighted by Gasteiger charge is -2.30. The number of aromatic nitrogens is 5. The molecule has 9 heteroatoms. The molecule has 1 saturated heterocycles. The quantitative estimate of drug-likeness (QED) is 0.465. The van der Waals surface area contributed by atoms with Crippen molar-refractivity contribution in [3.8, 4) is 5.69 Å². The van der Waals surface area contributed by atoms with Crippen LogP contribution in [0.25, 0.3) is 16.6 Å². The molecule has 0 spiro atoms. The predicted octanol–water partition coefficient (Wildman–Crippen LogP) is 3.65. The standard InChI is InChI=1S/C25H26FN7O/c1-16-4-7-23(33-28-8-9-29-33)21(12-16)24(34)32-11-10-31(15-17(2)18(32)3)25-27-14-19-13-20(26)5-6-22(19)30-25/h4-9,12-14,17-18H,10-11,15H2,1-3H3. The summed E-state index contributed by atoms with van der Waals surface area (Å²) in [5.74, 6) is 0.405. The number of nitrogens with zero attached hydrogens (tertiary/aromatic N) is 7. The van der Waals surface area contributed by atoms with E-state index in [2.05, 4.69) is 38.9 Å². The van der Waals surface area contributed by atoms with Gasteiger partial charge in [0.25, 0.3) is 5.91 Å². The van der Waals surface area contributed by atoms with Gasteiger partial charge in [-0.25, -0.2) is 14.4 Å². The van der Waals surface area contributed by atoms with Crippen molar-refractivity contribution in [2.75, 3.05) is 24.5 Å². The minimum absolute atomic E-state index is 0.00555. The Labute approximate surface area is 197 Å². The van der Waals surface area contributed by atoms with Gasteiger partial charge in [0.1, 0.15) is 5.82 Å². The number of benzene rings is 2. The molecule has 174 valence electrons. The Balaban J connectivity index is 1.44. The van der Waals surface area contributed by atoms with Crippen LogP contribution in [-0.2, 0) is 0 Å². The van der Waals surface area contributed by atoms with Crippen LogP contribution in [0.2, 0.25) is 0 Å². The van der Waals surface area contributed by atoms with Gasteiger partial charge in [-0.3, -0.25) is 4.79 Å². The van der Waals surface area contributed by atoms with Gasteiger partial charge in [-0.2, -0.15) is 15.0 Å². The highest BCUT2D eigenvalue weighted by Crippen LogP contribution is 2.25. The van der Waals surface area contributed by atoms with Crippen LogP contribution in [0.1, 0.15) is 29.8 Å². The molecule has 0 N–H and O–H groups in total. The second kappa shape index (κ2) is 8.81. The van der Waals surface area contributed by atoms with Crippen molar-refractivity contribution in [1.82, 2.24) is 29.9 Å². The Hall–Kier alpha value is -3.88. The first kappa shape index (κ1) is 21.9. The number of carbonyl (C=O) groups excluding carboxylic acids is 1. The minimum atomic E-state index is -0.309. The van der Waals surface area contributed by atoms with Crippen LogP contribution in [0.3, 0.4) is 0 Å². The van der Waals surface area contributed by atoms with Crippen LogP contribution in [0.5, 0.6) is 0 Å². The van der Waals surface area contributed by atoms with Gasteiger partial charge in [-0.15, -0.1) is 0 Å². The van der Waals surface area contributed by atoms with Gasteiger partial charge < -0.3 is 9.80 Å². The molecule has 0 radical (unpaired) electrons. The molecule has 2 atom stereocenters. The molecule has 1 fully saturated rings. The molecule has 1 amide bonds. The Morgan fingerprint density at radius 1 is 1.06 bits per heavy atom. The maximum atomic E-state index is 13.8. The van der Waals surface area contributed by atoms with Crippen molar-refractivity contribution < 1.29 is 9.18 Å². The van der Waals surface area contributed by atoms with Gasteiger partial charge in [0.15, 0.2) is 0 Å². The molecular weight excluding hydrogens is 433 g/mol. The van der Waals surface area contributed by atoms with E-state index in [-0.39, 0.29) is 23.7 Å². The zero-order valence-corrected chi connectivity index (χ0v) is 19.4. The van der Waals surface area contributed by atoms with E-state index in [1.807, 2.05) is 30.0 Å². The number of hydrogen-bond acceptors (Lipinski definition) is 6. The summed E-state index contributed by atoms with van der Waals surface area (Å²) in [6.45, 7) is 8.00. The fraction of sp³-hybridized carbons (Fsp3) is 0.320. The number of amides is 1. The largest absolute Gasteiger partial charge is 0.339 e. The Kier molecular flexibility index (Phi) is 5.69. The molecule has 0 saturated carbocycles. The fourth-order valence-electron chi connectivity index (χ4n) is 4.44. The molecule has 0 bridgehead atoms. The Morgan fingerprint density at radius 2 is 1.85 bits per heavy atom. The van der Waals surface area contributed by atoms with Gasteiger partial charge in [0.2, 0.25) is 5.95 Å². The zero-order valence-electron chi connectivity index (χ0n) is 19.4. The molecule has 0 aliphatic carbocycles. The SMILES string of the molecule is Cc1ccc(-n2nccn2)c(C(=O)N2CCN(c3ncc4cc(F)ccc4n3)CC(C)C2C)c1. The molecule has 34 heavy (non-hydrogen) atoms. The molecule has 4 aromatic rings. The lowest BCUT2D eigenvalue weighted by Crippen LogP contribution is -2.42. The van der Waals surface area contributed by atoms with Crippen LogP contribution in [-0.4, -0.2) is 61.4 Å². The molecule has 8 nitrogen and oxygen atoms in total. The summed E-state index contributed by atoms with van der Waals surface area (Å²) in [5, 5.41) is 9.11. The molecule has 1 aliphatic rings. The van der Waals surface area contributed by atoms with E-state index in [1.54, 1.807) is 24.7 Å². The molecule has 2 aromatic carbocycles. The van der Waals surface area contributed by atoms with E-state index in [9.17, 15) is 9.18 Å². The molecule has 2 unspecified atom stereocenters. The third-order valence-corrected chi connectivity index (χ3v) is 6.52. The number of halogens is 1. The lowest BCUT2D eigenvalue weighted by molar-refractivity contribution is 0.0670. The predicted molar refractivity (Wildman–Crippen MR) is 127 cm³/mol. The van der Waals surface area contributed by atoms with Crippen LogP contribution in [0.15, 0.2) is 55.0 Å². The third kappa shape index (κ3) is 4.09. The average molecular weight is 460 g/mol. The van der Waals surface area contributed by atoms with E-state index < -0.39 is 0 Å². The van der Waals surface area contributed by atoms with Gasteiger partial charge in [0.05, 0.1) is 29.2 Å². The van der Waals surface area contributed by atoms with Crippen molar-refractivity contribution in [2.45, 2.75) is 26.8 Å². The molecule has 1 aliphatic heterocycles. The van der Waals surface area contributed by atoms with Crippen LogP contribution < -0.4 is 4.90 Å². The highest BCUT2D eigenvalue weighted by molar-refractivity contribution is 5.98. The summed E-state index contributed by atoms with van der Waals surface area (Å²) in [6, 6.07) is 10.2. The Morgan fingerprint density at radius 3 is 2.65 bits per heavy atom. The van der Waals surface area contributed by atoms with E-state index in [4.69, 9.17) is 0 Å². The van der Waals surface area contributed by atoms with Gasteiger partial charge >= 0.3 is 0 Å². The van der Waals surface area contributed by atoms with E-state index in [1.165, 1.54) is 16.9 Å². The number of rotatable bonds is 3. The monoisotopic (exact) mass is 459 g/mol. The first-order chi connectivity index (χ1) is 16.4. The number of hydrogen-bond donors (Lipinski definition) is 0. The smallest absolute Gasteiger partial charge is 0.256 e. The van der Waals surface area contributed by atoms with Gasteiger partial charge in [0, 0.05) is 37.3 Å². The highest BCUT2D eigenvalue weighted by Gasteiger charge is 2.32. The summed E-state index contributed by atoms with van der Waals surface area (Å²) in [7, 11) is 0. The molecule has 5 rings (SSSR count). The summed E-state index contributed by atoms with van der Waals surface area (Å²) < 4.78 is 13.5. The van der Waals surface area contributed by atoms with Crippen LogP contribution in [0.4, 0.5) is 10.3 Å². The molecular formula is C25H26FN7O. The normalized spacial score (nSPS) is 18.8.